The lowest BCUT2D eigenvalue weighted by Crippen LogP contribution is -2.46. The third-order valence-electron chi connectivity index (χ3n) is 2.72. The van der Waals surface area contributed by atoms with Gasteiger partial charge in [-0.1, -0.05) is 18.7 Å². The molecule has 0 aromatic carbocycles. The van der Waals surface area contributed by atoms with Crippen LogP contribution in [0.4, 0.5) is 0 Å². The molecule has 0 bridgehead atoms. The molecule has 0 amide bonds. The Bertz CT molecular complexity index is 412. The van der Waals surface area contributed by atoms with Crippen molar-refractivity contribution in [1.82, 2.24) is 10.3 Å². The second-order valence-corrected chi connectivity index (χ2v) is 5.89. The lowest BCUT2D eigenvalue weighted by molar-refractivity contribution is 0.442. The SMILES string of the molecule is CCc1cnc(CN=C2NC(C)(C)CCS2)o1. The molecule has 2 heterocycles. The van der Waals surface area contributed by atoms with Crippen molar-refractivity contribution in [1.29, 1.82) is 0 Å². The van der Waals surface area contributed by atoms with E-state index in [9.17, 15) is 0 Å². The minimum absolute atomic E-state index is 0.148. The Morgan fingerprint density at radius 1 is 1.59 bits per heavy atom. The molecule has 1 saturated heterocycles. The minimum Gasteiger partial charge on any atom is -0.444 e. The van der Waals surface area contributed by atoms with Gasteiger partial charge < -0.3 is 9.73 Å². The zero-order chi connectivity index (χ0) is 12.3. The summed E-state index contributed by atoms with van der Waals surface area (Å²) in [5.41, 5.74) is 0.148. The van der Waals surface area contributed by atoms with Crippen molar-refractivity contribution in [3.63, 3.8) is 0 Å². The van der Waals surface area contributed by atoms with Gasteiger partial charge >= 0.3 is 0 Å². The van der Waals surface area contributed by atoms with Crippen molar-refractivity contribution in [3.8, 4) is 0 Å². The molecule has 1 N–H and O–H groups in total. The van der Waals surface area contributed by atoms with Gasteiger partial charge in [-0.3, -0.25) is 4.99 Å². The molecule has 1 aromatic rings. The van der Waals surface area contributed by atoms with E-state index >= 15 is 0 Å². The van der Waals surface area contributed by atoms with Crippen LogP contribution in [0.3, 0.4) is 0 Å². The Morgan fingerprint density at radius 3 is 3.06 bits per heavy atom. The van der Waals surface area contributed by atoms with Gasteiger partial charge in [-0.2, -0.15) is 0 Å². The van der Waals surface area contributed by atoms with E-state index in [4.69, 9.17) is 4.42 Å². The molecule has 1 aliphatic rings. The van der Waals surface area contributed by atoms with E-state index in [-0.39, 0.29) is 5.54 Å². The van der Waals surface area contributed by atoms with Gasteiger partial charge in [0.2, 0.25) is 5.89 Å². The molecular formula is C12H19N3OS. The van der Waals surface area contributed by atoms with Crippen LogP contribution in [-0.2, 0) is 13.0 Å². The zero-order valence-electron chi connectivity index (χ0n) is 10.6. The first-order chi connectivity index (χ1) is 8.09. The molecule has 4 nitrogen and oxygen atoms in total. The average molecular weight is 253 g/mol. The quantitative estimate of drug-likeness (QED) is 0.899. The third-order valence-corrected chi connectivity index (χ3v) is 3.63. The molecule has 0 saturated carbocycles. The standard InChI is InChI=1S/C12H19N3OS/c1-4-9-7-13-10(16-9)8-14-11-15-12(2,3)5-6-17-11/h7H,4-6,8H2,1-3H3,(H,14,15). The van der Waals surface area contributed by atoms with Crippen LogP contribution in [0, 0.1) is 0 Å². The third kappa shape index (κ3) is 3.49. The Balaban J connectivity index is 1.95. The van der Waals surface area contributed by atoms with Crippen molar-refractivity contribution in [2.75, 3.05) is 5.75 Å². The molecule has 2 rings (SSSR count). The van der Waals surface area contributed by atoms with Gasteiger partial charge in [0.25, 0.3) is 0 Å². The molecule has 1 fully saturated rings. The van der Waals surface area contributed by atoms with Gasteiger partial charge in [0, 0.05) is 17.7 Å². The Morgan fingerprint density at radius 2 is 2.41 bits per heavy atom. The van der Waals surface area contributed by atoms with Crippen molar-refractivity contribution in [2.45, 2.75) is 45.7 Å². The highest BCUT2D eigenvalue weighted by molar-refractivity contribution is 8.13. The summed E-state index contributed by atoms with van der Waals surface area (Å²) >= 11 is 1.77. The molecular weight excluding hydrogens is 234 g/mol. The average Bonchev–Trinajstić information content (AvgIpc) is 2.73. The molecule has 5 heteroatoms. The van der Waals surface area contributed by atoms with E-state index in [2.05, 4.69) is 36.1 Å². The highest BCUT2D eigenvalue weighted by Gasteiger charge is 2.24. The molecule has 0 aliphatic carbocycles. The van der Waals surface area contributed by atoms with E-state index in [0.717, 1.165) is 29.5 Å². The summed E-state index contributed by atoms with van der Waals surface area (Å²) in [7, 11) is 0. The summed E-state index contributed by atoms with van der Waals surface area (Å²) in [5, 5.41) is 4.42. The molecule has 0 radical (unpaired) electrons. The van der Waals surface area contributed by atoms with Gasteiger partial charge in [-0.05, 0) is 20.3 Å². The van der Waals surface area contributed by atoms with Gasteiger partial charge in [0.15, 0.2) is 5.17 Å². The van der Waals surface area contributed by atoms with Crippen molar-refractivity contribution < 1.29 is 4.42 Å². The largest absolute Gasteiger partial charge is 0.444 e. The van der Waals surface area contributed by atoms with E-state index in [1.807, 2.05) is 0 Å². The van der Waals surface area contributed by atoms with Gasteiger partial charge in [-0.25, -0.2) is 4.98 Å². The lowest BCUT2D eigenvalue weighted by Gasteiger charge is -2.32. The second kappa shape index (κ2) is 5.12. The zero-order valence-corrected chi connectivity index (χ0v) is 11.4. The van der Waals surface area contributed by atoms with Crippen LogP contribution in [-0.4, -0.2) is 21.4 Å². The fourth-order valence-electron chi connectivity index (χ4n) is 1.60. The number of oxazole rings is 1. The maximum Gasteiger partial charge on any atom is 0.216 e. The molecule has 1 aromatic heterocycles. The Hall–Kier alpha value is -0.970. The predicted molar refractivity (Wildman–Crippen MR) is 71.3 cm³/mol. The summed E-state index contributed by atoms with van der Waals surface area (Å²) in [4.78, 5) is 8.71. The Kier molecular flexibility index (Phi) is 3.76. The highest BCUT2D eigenvalue weighted by Crippen LogP contribution is 2.21. The summed E-state index contributed by atoms with van der Waals surface area (Å²) in [5.74, 6) is 2.73. The van der Waals surface area contributed by atoms with Crippen LogP contribution >= 0.6 is 11.8 Å². The number of aliphatic imine (C=N–C) groups is 1. The fraction of sp³-hybridized carbons (Fsp3) is 0.667. The topological polar surface area (TPSA) is 50.4 Å². The van der Waals surface area contributed by atoms with E-state index < -0.39 is 0 Å². The summed E-state index contributed by atoms with van der Waals surface area (Å²) in [6.07, 6.45) is 3.82. The summed E-state index contributed by atoms with van der Waals surface area (Å²) in [6.45, 7) is 6.97. The Labute approximate surface area is 106 Å². The van der Waals surface area contributed by atoms with Crippen LogP contribution in [0.25, 0.3) is 0 Å². The highest BCUT2D eigenvalue weighted by atomic mass is 32.2. The number of amidine groups is 1. The molecule has 1 aliphatic heterocycles. The smallest absolute Gasteiger partial charge is 0.216 e. The normalized spacial score (nSPS) is 21.5. The molecule has 0 atom stereocenters. The minimum atomic E-state index is 0.148. The number of nitrogens with one attached hydrogen (secondary N) is 1. The number of hydrogen-bond donors (Lipinski definition) is 1. The van der Waals surface area contributed by atoms with Crippen LogP contribution < -0.4 is 5.32 Å². The molecule has 17 heavy (non-hydrogen) atoms. The van der Waals surface area contributed by atoms with Gasteiger partial charge in [-0.15, -0.1) is 0 Å². The molecule has 94 valence electrons. The first-order valence-electron chi connectivity index (χ1n) is 5.98. The fourth-order valence-corrected chi connectivity index (χ4v) is 2.91. The van der Waals surface area contributed by atoms with Crippen LogP contribution in [0.1, 0.15) is 38.8 Å². The number of aryl methyl sites for hydroxylation is 1. The van der Waals surface area contributed by atoms with Gasteiger partial charge in [0.05, 0.1) is 6.20 Å². The number of aromatic nitrogens is 1. The van der Waals surface area contributed by atoms with Gasteiger partial charge in [0.1, 0.15) is 12.3 Å². The van der Waals surface area contributed by atoms with Crippen LogP contribution in [0.5, 0.6) is 0 Å². The number of thioether (sulfide) groups is 1. The monoisotopic (exact) mass is 253 g/mol. The maximum absolute atomic E-state index is 5.52. The van der Waals surface area contributed by atoms with Crippen molar-refractivity contribution in [3.05, 3.63) is 17.8 Å². The van der Waals surface area contributed by atoms with Crippen LogP contribution in [0.2, 0.25) is 0 Å². The van der Waals surface area contributed by atoms with Crippen molar-refractivity contribution >= 4 is 16.9 Å². The van der Waals surface area contributed by atoms with E-state index in [0.29, 0.717) is 12.4 Å². The first-order valence-corrected chi connectivity index (χ1v) is 6.96. The number of rotatable bonds is 3. The van der Waals surface area contributed by atoms with Crippen LogP contribution in [0.15, 0.2) is 15.6 Å². The number of hydrogen-bond acceptors (Lipinski definition) is 4. The first kappa shape index (κ1) is 12.5. The molecule has 0 unspecified atom stereocenters. The summed E-state index contributed by atoms with van der Waals surface area (Å²) < 4.78 is 5.52. The maximum atomic E-state index is 5.52. The van der Waals surface area contributed by atoms with Crippen molar-refractivity contribution in [2.24, 2.45) is 4.99 Å². The predicted octanol–water partition coefficient (Wildman–Crippen LogP) is 2.60. The second-order valence-electron chi connectivity index (χ2n) is 4.80. The van der Waals surface area contributed by atoms with E-state index in [1.165, 1.54) is 0 Å². The lowest BCUT2D eigenvalue weighted by atomic mass is 10.0. The molecule has 0 spiro atoms. The number of nitrogens with zero attached hydrogens (tertiary/aromatic N) is 2. The summed E-state index contributed by atoms with van der Waals surface area (Å²) in [6, 6.07) is 0. The van der Waals surface area contributed by atoms with E-state index in [1.54, 1.807) is 18.0 Å².